The molecule has 1 N–H and O–H groups in total. The third-order valence-electron chi connectivity index (χ3n) is 3.07. The number of rotatable bonds is 1. The van der Waals surface area contributed by atoms with Crippen molar-refractivity contribution in [2.75, 3.05) is 0 Å². The average Bonchev–Trinajstić information content (AvgIpc) is 2.70. The first-order valence-corrected chi connectivity index (χ1v) is 5.27. The molecular formula is C14H11NO. The molecule has 0 bridgehead atoms. The number of oxime groups is 1. The largest absolute Gasteiger partial charge is 0.411 e. The van der Waals surface area contributed by atoms with Crippen molar-refractivity contribution in [3.05, 3.63) is 64.3 Å². The summed E-state index contributed by atoms with van der Waals surface area (Å²) < 4.78 is 0. The van der Waals surface area contributed by atoms with Crippen LogP contribution in [0.1, 0.15) is 11.1 Å². The molecule has 0 aliphatic heterocycles. The Morgan fingerprint density at radius 1 is 1.19 bits per heavy atom. The van der Waals surface area contributed by atoms with Crippen LogP contribution in [-0.2, 0) is 6.42 Å². The van der Waals surface area contributed by atoms with Gasteiger partial charge >= 0.3 is 0 Å². The van der Waals surface area contributed by atoms with Crippen molar-refractivity contribution in [3.8, 4) is 0 Å². The molecule has 0 saturated heterocycles. The second kappa shape index (κ2) is 3.49. The SMILES string of the molecule is ON=CC1=C2Cc3ccccc3C=C2C=C1. The molecule has 0 unspecified atom stereocenters. The number of nitrogens with zero attached hydrogens (tertiary/aromatic N) is 1. The second-order valence-corrected chi connectivity index (χ2v) is 3.99. The number of allylic oxidation sites excluding steroid dienone is 5. The van der Waals surface area contributed by atoms with E-state index in [0.717, 1.165) is 12.0 Å². The molecule has 78 valence electrons. The topological polar surface area (TPSA) is 32.6 Å². The van der Waals surface area contributed by atoms with Crippen molar-refractivity contribution >= 4 is 12.3 Å². The van der Waals surface area contributed by atoms with E-state index in [1.54, 1.807) is 0 Å². The summed E-state index contributed by atoms with van der Waals surface area (Å²) in [6.07, 6.45) is 8.66. The summed E-state index contributed by atoms with van der Waals surface area (Å²) in [4.78, 5) is 0. The zero-order chi connectivity index (χ0) is 11.0. The van der Waals surface area contributed by atoms with Crippen molar-refractivity contribution in [2.24, 2.45) is 5.16 Å². The highest BCUT2D eigenvalue weighted by Crippen LogP contribution is 2.34. The summed E-state index contributed by atoms with van der Waals surface area (Å²) in [6, 6.07) is 8.38. The Balaban J connectivity index is 2.14. The molecule has 3 rings (SSSR count). The van der Waals surface area contributed by atoms with E-state index in [4.69, 9.17) is 5.21 Å². The molecule has 0 fully saturated rings. The highest BCUT2D eigenvalue weighted by atomic mass is 16.4. The van der Waals surface area contributed by atoms with Gasteiger partial charge in [-0.3, -0.25) is 0 Å². The van der Waals surface area contributed by atoms with Gasteiger partial charge in [0.25, 0.3) is 0 Å². The smallest absolute Gasteiger partial charge is 0.0736 e. The molecule has 0 heterocycles. The lowest BCUT2D eigenvalue weighted by atomic mass is 9.88. The van der Waals surface area contributed by atoms with Crippen molar-refractivity contribution in [1.29, 1.82) is 0 Å². The maximum absolute atomic E-state index is 8.59. The normalized spacial score (nSPS) is 17.6. The molecule has 2 heteroatoms. The summed E-state index contributed by atoms with van der Waals surface area (Å²) >= 11 is 0. The zero-order valence-electron chi connectivity index (χ0n) is 8.72. The summed E-state index contributed by atoms with van der Waals surface area (Å²) in [5, 5.41) is 11.7. The van der Waals surface area contributed by atoms with Gasteiger partial charge in [-0.05, 0) is 34.8 Å². The third-order valence-corrected chi connectivity index (χ3v) is 3.07. The molecular weight excluding hydrogens is 198 g/mol. The van der Waals surface area contributed by atoms with E-state index in [1.807, 2.05) is 6.08 Å². The van der Waals surface area contributed by atoms with E-state index >= 15 is 0 Å². The molecule has 0 atom stereocenters. The predicted octanol–water partition coefficient (Wildman–Crippen LogP) is 2.95. The van der Waals surface area contributed by atoms with E-state index < -0.39 is 0 Å². The van der Waals surface area contributed by atoms with Crippen LogP contribution in [0, 0.1) is 0 Å². The lowest BCUT2D eigenvalue weighted by molar-refractivity contribution is 0.322. The Labute approximate surface area is 93.9 Å². The molecule has 1 aromatic carbocycles. The monoisotopic (exact) mass is 209 g/mol. The molecule has 1 aromatic rings. The van der Waals surface area contributed by atoms with Gasteiger partial charge in [0.05, 0.1) is 6.21 Å². The maximum atomic E-state index is 8.59. The van der Waals surface area contributed by atoms with Crippen LogP contribution in [0.5, 0.6) is 0 Å². The molecule has 0 spiro atoms. The highest BCUT2D eigenvalue weighted by Gasteiger charge is 2.19. The fourth-order valence-electron chi connectivity index (χ4n) is 2.26. The predicted molar refractivity (Wildman–Crippen MR) is 64.6 cm³/mol. The van der Waals surface area contributed by atoms with Crippen LogP contribution in [0.15, 0.2) is 58.3 Å². The number of benzene rings is 1. The molecule has 0 aromatic heterocycles. The molecule has 0 radical (unpaired) electrons. The molecule has 0 saturated carbocycles. The summed E-state index contributed by atoms with van der Waals surface area (Å²) in [5.41, 5.74) is 6.09. The second-order valence-electron chi connectivity index (χ2n) is 3.99. The van der Waals surface area contributed by atoms with Crippen LogP contribution >= 0.6 is 0 Å². The van der Waals surface area contributed by atoms with Crippen LogP contribution in [0.2, 0.25) is 0 Å². The summed E-state index contributed by atoms with van der Waals surface area (Å²) in [7, 11) is 0. The molecule has 0 amide bonds. The first-order chi connectivity index (χ1) is 7.88. The number of fused-ring (bicyclic) bond motifs is 2. The van der Waals surface area contributed by atoms with Gasteiger partial charge in [0.2, 0.25) is 0 Å². The van der Waals surface area contributed by atoms with Crippen LogP contribution in [0.25, 0.3) is 6.08 Å². The first-order valence-electron chi connectivity index (χ1n) is 5.27. The van der Waals surface area contributed by atoms with Crippen molar-refractivity contribution in [2.45, 2.75) is 6.42 Å². The minimum absolute atomic E-state index is 0.913. The molecule has 16 heavy (non-hydrogen) atoms. The van der Waals surface area contributed by atoms with Gasteiger partial charge in [-0.25, -0.2) is 0 Å². The van der Waals surface area contributed by atoms with Gasteiger partial charge in [0, 0.05) is 5.57 Å². The van der Waals surface area contributed by atoms with E-state index in [9.17, 15) is 0 Å². The van der Waals surface area contributed by atoms with Gasteiger partial charge in [0.15, 0.2) is 0 Å². The number of hydrogen-bond acceptors (Lipinski definition) is 2. The van der Waals surface area contributed by atoms with Crippen LogP contribution in [0.4, 0.5) is 0 Å². The third kappa shape index (κ3) is 1.31. The van der Waals surface area contributed by atoms with Crippen molar-refractivity contribution in [3.63, 3.8) is 0 Å². The van der Waals surface area contributed by atoms with Crippen molar-refractivity contribution < 1.29 is 5.21 Å². The lowest BCUT2D eigenvalue weighted by Crippen LogP contribution is -2.01. The van der Waals surface area contributed by atoms with Gasteiger partial charge in [-0.1, -0.05) is 41.6 Å². The molecule has 2 nitrogen and oxygen atoms in total. The quantitative estimate of drug-likeness (QED) is 0.430. The first kappa shape index (κ1) is 9.16. The average molecular weight is 209 g/mol. The minimum atomic E-state index is 0.913. The lowest BCUT2D eigenvalue weighted by Gasteiger charge is -2.16. The Hall–Kier alpha value is -2.09. The Bertz CT molecular complexity index is 562. The number of hydrogen-bond donors (Lipinski definition) is 1. The van der Waals surface area contributed by atoms with E-state index in [1.165, 1.54) is 28.5 Å². The van der Waals surface area contributed by atoms with Crippen LogP contribution < -0.4 is 0 Å². The van der Waals surface area contributed by atoms with Gasteiger partial charge in [-0.2, -0.15) is 0 Å². The fourth-order valence-corrected chi connectivity index (χ4v) is 2.26. The highest BCUT2D eigenvalue weighted by molar-refractivity contribution is 5.90. The molecule has 2 aliphatic rings. The zero-order valence-corrected chi connectivity index (χ0v) is 8.72. The standard InChI is InChI=1S/C14H11NO/c16-15-9-13-6-5-12-7-10-3-1-2-4-11(10)8-14(12)13/h1-7,9,16H,8H2. The Morgan fingerprint density at radius 2 is 2.06 bits per heavy atom. The fraction of sp³-hybridized carbons (Fsp3) is 0.0714. The van der Waals surface area contributed by atoms with Crippen molar-refractivity contribution in [1.82, 2.24) is 0 Å². The summed E-state index contributed by atoms with van der Waals surface area (Å²) in [5.74, 6) is 0. The van der Waals surface area contributed by atoms with E-state index in [0.29, 0.717) is 0 Å². The Morgan fingerprint density at radius 3 is 2.94 bits per heavy atom. The van der Waals surface area contributed by atoms with Gasteiger partial charge < -0.3 is 5.21 Å². The Kier molecular flexibility index (Phi) is 2.00. The maximum Gasteiger partial charge on any atom is 0.0736 e. The van der Waals surface area contributed by atoms with Crippen LogP contribution in [-0.4, -0.2) is 11.4 Å². The van der Waals surface area contributed by atoms with Crippen LogP contribution in [0.3, 0.4) is 0 Å². The van der Waals surface area contributed by atoms with E-state index in [-0.39, 0.29) is 0 Å². The molecule has 2 aliphatic carbocycles. The summed E-state index contributed by atoms with van der Waals surface area (Å²) in [6.45, 7) is 0. The minimum Gasteiger partial charge on any atom is -0.411 e. The van der Waals surface area contributed by atoms with E-state index in [2.05, 4.69) is 41.6 Å². The van der Waals surface area contributed by atoms with Gasteiger partial charge in [0.1, 0.15) is 0 Å². The van der Waals surface area contributed by atoms with Gasteiger partial charge in [-0.15, -0.1) is 0 Å².